The van der Waals surface area contributed by atoms with E-state index in [0.29, 0.717) is 6.61 Å². The highest BCUT2D eigenvalue weighted by Crippen LogP contribution is 2.04. The van der Waals surface area contributed by atoms with Gasteiger partial charge in [0.25, 0.3) is 0 Å². The molecule has 0 spiro atoms. The Bertz CT molecular complexity index is 121. The van der Waals surface area contributed by atoms with Crippen LogP contribution in [0.4, 0.5) is 0 Å². The van der Waals surface area contributed by atoms with Gasteiger partial charge in [-0.15, -0.1) is 0 Å². The molecule has 0 aromatic carbocycles. The Morgan fingerprint density at radius 1 is 1.70 bits per heavy atom. The van der Waals surface area contributed by atoms with E-state index in [1.807, 2.05) is 13.8 Å². The topological polar surface area (TPSA) is 52.3 Å². The number of hydrogen-bond acceptors (Lipinski definition) is 3. The van der Waals surface area contributed by atoms with Crippen molar-refractivity contribution in [3.63, 3.8) is 0 Å². The molecule has 0 heterocycles. The summed E-state index contributed by atoms with van der Waals surface area (Å²) in [5.41, 5.74) is 5.32. The minimum atomic E-state index is -0.369. The number of esters is 1. The van der Waals surface area contributed by atoms with Crippen LogP contribution < -0.4 is 5.73 Å². The van der Waals surface area contributed by atoms with E-state index >= 15 is 0 Å². The Kier molecular flexibility index (Phi) is 3.36. The summed E-state index contributed by atoms with van der Waals surface area (Å²) < 4.78 is 4.73. The lowest BCUT2D eigenvalue weighted by atomic mass is 10.0. The van der Waals surface area contributed by atoms with Crippen molar-refractivity contribution in [2.45, 2.75) is 32.7 Å². The standard InChI is InChI=1S/C7H15NO2/c1-4-7(3,8)5-10-6(2)9/h4-5,8H2,1-3H3/t7-/m1/s1. The third-order valence-corrected chi connectivity index (χ3v) is 1.41. The van der Waals surface area contributed by atoms with E-state index < -0.39 is 0 Å². The van der Waals surface area contributed by atoms with Crippen molar-refractivity contribution in [1.82, 2.24) is 0 Å². The van der Waals surface area contributed by atoms with E-state index in [1.54, 1.807) is 0 Å². The van der Waals surface area contributed by atoms with Crippen LogP contribution >= 0.6 is 0 Å². The van der Waals surface area contributed by atoms with Gasteiger partial charge in [0.15, 0.2) is 0 Å². The van der Waals surface area contributed by atoms with E-state index in [1.165, 1.54) is 6.92 Å². The summed E-state index contributed by atoms with van der Waals surface area (Å²) in [5, 5.41) is 0. The summed E-state index contributed by atoms with van der Waals surface area (Å²) in [7, 11) is 0. The van der Waals surface area contributed by atoms with Crippen LogP contribution in [0.3, 0.4) is 0 Å². The molecular formula is C7H15NO2. The molecule has 0 rings (SSSR count). The zero-order chi connectivity index (χ0) is 8.20. The fourth-order valence-corrected chi connectivity index (χ4v) is 0.369. The Labute approximate surface area is 61.5 Å². The van der Waals surface area contributed by atoms with E-state index in [-0.39, 0.29) is 11.5 Å². The van der Waals surface area contributed by atoms with Gasteiger partial charge >= 0.3 is 5.97 Å². The van der Waals surface area contributed by atoms with Crippen molar-refractivity contribution in [2.75, 3.05) is 6.61 Å². The highest BCUT2D eigenvalue weighted by atomic mass is 16.5. The maximum atomic E-state index is 10.3. The lowest BCUT2D eigenvalue weighted by molar-refractivity contribution is -0.142. The van der Waals surface area contributed by atoms with Gasteiger partial charge in [-0.1, -0.05) is 6.92 Å². The van der Waals surface area contributed by atoms with E-state index in [9.17, 15) is 4.79 Å². The van der Waals surface area contributed by atoms with Crippen molar-refractivity contribution < 1.29 is 9.53 Å². The zero-order valence-corrected chi connectivity index (χ0v) is 6.81. The maximum absolute atomic E-state index is 10.3. The van der Waals surface area contributed by atoms with Gasteiger partial charge in [-0.25, -0.2) is 0 Å². The molecule has 0 unspecified atom stereocenters. The highest BCUT2D eigenvalue weighted by Gasteiger charge is 2.16. The molecule has 2 N–H and O–H groups in total. The molecule has 0 aromatic rings. The van der Waals surface area contributed by atoms with Gasteiger partial charge in [0, 0.05) is 12.5 Å². The molecule has 3 heteroatoms. The normalized spacial score (nSPS) is 16.0. The molecule has 0 aliphatic heterocycles. The smallest absolute Gasteiger partial charge is 0.302 e. The van der Waals surface area contributed by atoms with E-state index in [0.717, 1.165) is 6.42 Å². The van der Waals surface area contributed by atoms with Crippen LogP contribution in [0.2, 0.25) is 0 Å². The van der Waals surface area contributed by atoms with Crippen LogP contribution in [-0.2, 0) is 9.53 Å². The molecule has 0 amide bonds. The van der Waals surface area contributed by atoms with Crippen LogP contribution in [0.25, 0.3) is 0 Å². The van der Waals surface area contributed by atoms with Crippen molar-refractivity contribution >= 4 is 5.97 Å². The minimum Gasteiger partial charge on any atom is -0.464 e. The molecule has 60 valence electrons. The average Bonchev–Trinajstić information content (AvgIpc) is 1.85. The summed E-state index contributed by atoms with van der Waals surface area (Å²) in [6, 6.07) is 0. The van der Waals surface area contributed by atoms with Gasteiger partial charge in [-0.05, 0) is 13.3 Å². The first-order valence-corrected chi connectivity index (χ1v) is 3.40. The fraction of sp³-hybridized carbons (Fsp3) is 0.857. The first-order chi connectivity index (χ1) is 4.48. The quantitative estimate of drug-likeness (QED) is 0.594. The predicted octanol–water partition coefficient (Wildman–Crippen LogP) is 0.677. The molecule has 0 bridgehead atoms. The number of carbonyl (C=O) groups excluding carboxylic acids is 1. The Balaban J connectivity index is 3.56. The van der Waals surface area contributed by atoms with Crippen molar-refractivity contribution in [3.05, 3.63) is 0 Å². The molecule has 0 aliphatic carbocycles. The molecule has 0 aliphatic rings. The maximum Gasteiger partial charge on any atom is 0.302 e. The van der Waals surface area contributed by atoms with Crippen LogP contribution in [-0.4, -0.2) is 18.1 Å². The molecular weight excluding hydrogens is 130 g/mol. The van der Waals surface area contributed by atoms with Crippen molar-refractivity contribution in [2.24, 2.45) is 5.73 Å². The minimum absolute atomic E-state index is 0.273. The van der Waals surface area contributed by atoms with Crippen molar-refractivity contribution in [1.29, 1.82) is 0 Å². The molecule has 0 saturated carbocycles. The number of nitrogens with two attached hydrogens (primary N) is 1. The Hall–Kier alpha value is -0.570. The van der Waals surface area contributed by atoms with Gasteiger partial charge < -0.3 is 10.5 Å². The van der Waals surface area contributed by atoms with Crippen LogP contribution in [0.5, 0.6) is 0 Å². The molecule has 0 saturated heterocycles. The molecule has 0 radical (unpaired) electrons. The van der Waals surface area contributed by atoms with Gasteiger partial charge in [0.1, 0.15) is 6.61 Å². The molecule has 3 nitrogen and oxygen atoms in total. The molecule has 10 heavy (non-hydrogen) atoms. The van der Waals surface area contributed by atoms with Gasteiger partial charge in [0.2, 0.25) is 0 Å². The molecule has 0 fully saturated rings. The third-order valence-electron chi connectivity index (χ3n) is 1.41. The largest absolute Gasteiger partial charge is 0.464 e. The molecule has 0 aromatic heterocycles. The second-order valence-corrected chi connectivity index (χ2v) is 2.79. The number of ether oxygens (including phenoxy) is 1. The Morgan fingerprint density at radius 3 is 2.50 bits per heavy atom. The first kappa shape index (κ1) is 9.43. The average molecular weight is 145 g/mol. The number of carbonyl (C=O) groups is 1. The Morgan fingerprint density at radius 2 is 2.20 bits per heavy atom. The number of hydrogen-bond donors (Lipinski definition) is 1. The van der Waals surface area contributed by atoms with Gasteiger partial charge in [-0.3, -0.25) is 4.79 Å². The second kappa shape index (κ2) is 3.56. The lowest BCUT2D eigenvalue weighted by Gasteiger charge is -2.21. The summed E-state index contributed by atoms with van der Waals surface area (Å²) in [4.78, 5) is 10.3. The number of rotatable bonds is 3. The van der Waals surface area contributed by atoms with Crippen LogP contribution in [0.1, 0.15) is 27.2 Å². The van der Waals surface area contributed by atoms with E-state index in [2.05, 4.69) is 0 Å². The second-order valence-electron chi connectivity index (χ2n) is 2.79. The van der Waals surface area contributed by atoms with Crippen LogP contribution in [0, 0.1) is 0 Å². The van der Waals surface area contributed by atoms with E-state index in [4.69, 9.17) is 10.5 Å². The summed E-state index contributed by atoms with van der Waals surface area (Å²) in [6.07, 6.45) is 0.806. The van der Waals surface area contributed by atoms with Crippen molar-refractivity contribution in [3.8, 4) is 0 Å². The zero-order valence-electron chi connectivity index (χ0n) is 6.81. The van der Waals surface area contributed by atoms with Gasteiger partial charge in [-0.2, -0.15) is 0 Å². The highest BCUT2D eigenvalue weighted by molar-refractivity contribution is 5.65. The summed E-state index contributed by atoms with van der Waals surface area (Å²) >= 11 is 0. The molecule has 1 atom stereocenters. The van der Waals surface area contributed by atoms with Gasteiger partial charge in [0.05, 0.1) is 0 Å². The predicted molar refractivity (Wildman–Crippen MR) is 39.5 cm³/mol. The van der Waals surface area contributed by atoms with Crippen LogP contribution in [0.15, 0.2) is 0 Å². The third kappa shape index (κ3) is 4.32. The monoisotopic (exact) mass is 145 g/mol. The summed E-state index contributed by atoms with van der Waals surface area (Å²) in [5.74, 6) is -0.273. The lowest BCUT2D eigenvalue weighted by Crippen LogP contribution is -2.40. The fourth-order valence-electron chi connectivity index (χ4n) is 0.369. The first-order valence-electron chi connectivity index (χ1n) is 3.40. The summed E-state index contributed by atoms with van der Waals surface area (Å²) in [6.45, 7) is 5.50. The SMILES string of the molecule is CC[C@@](C)(N)COC(C)=O.